The highest BCUT2D eigenvalue weighted by Gasteiger charge is 2.30. The maximum Gasteiger partial charge on any atom is 0.416 e. The summed E-state index contributed by atoms with van der Waals surface area (Å²) < 4.78 is 52.0. The molecule has 3 nitrogen and oxygen atoms in total. The number of thioether (sulfide) groups is 1. The number of carbonyl (C=O) groups is 1. The van der Waals surface area contributed by atoms with Gasteiger partial charge in [-0.1, -0.05) is 24.3 Å². The van der Waals surface area contributed by atoms with Crippen LogP contribution in [0.2, 0.25) is 0 Å². The highest BCUT2D eigenvalue weighted by Crippen LogP contribution is 2.37. The molecule has 2 aromatic rings. The Kier molecular flexibility index (Phi) is 5.41. The first-order chi connectivity index (χ1) is 12.3. The van der Waals surface area contributed by atoms with Gasteiger partial charge in [-0.05, 0) is 35.7 Å². The topological polar surface area (TPSA) is 41.1 Å². The molecule has 2 aromatic carbocycles. The van der Waals surface area contributed by atoms with E-state index in [4.69, 9.17) is 0 Å². The fraction of sp³-hybridized carbons (Fsp3) is 0.278. The van der Waals surface area contributed by atoms with Gasteiger partial charge in [0.1, 0.15) is 5.82 Å². The molecule has 1 aliphatic heterocycles. The third kappa shape index (κ3) is 4.30. The van der Waals surface area contributed by atoms with Gasteiger partial charge in [0.2, 0.25) is 0 Å². The molecule has 8 heteroatoms. The van der Waals surface area contributed by atoms with Crippen molar-refractivity contribution in [1.82, 2.24) is 10.6 Å². The van der Waals surface area contributed by atoms with Gasteiger partial charge in [-0.3, -0.25) is 0 Å². The van der Waals surface area contributed by atoms with Crippen LogP contribution in [0.25, 0.3) is 0 Å². The summed E-state index contributed by atoms with van der Waals surface area (Å²) in [5, 5.41) is 5.32. The van der Waals surface area contributed by atoms with Gasteiger partial charge < -0.3 is 10.6 Å². The lowest BCUT2D eigenvalue weighted by molar-refractivity contribution is -0.137. The molecule has 0 saturated heterocycles. The van der Waals surface area contributed by atoms with Crippen LogP contribution < -0.4 is 10.6 Å². The van der Waals surface area contributed by atoms with E-state index in [9.17, 15) is 22.4 Å². The standard InChI is InChI=1S/C18H16F4N2OS/c19-14-6-2-5-13-15(7-8-26-16(13)14)24-17(25)23-10-11-3-1-4-12(9-11)18(20,21)22/h1-6,9,15H,7-8,10H2,(H2,23,24,25)/t15-/m1/s1. The normalized spacial score (nSPS) is 16.7. The number of fused-ring (bicyclic) bond motifs is 1. The zero-order chi connectivity index (χ0) is 18.7. The fourth-order valence-electron chi connectivity index (χ4n) is 2.79. The Morgan fingerprint density at radius 2 is 1.96 bits per heavy atom. The number of alkyl halides is 3. The molecule has 2 amide bonds. The summed E-state index contributed by atoms with van der Waals surface area (Å²) in [6.07, 6.45) is -3.77. The quantitative estimate of drug-likeness (QED) is 0.741. The summed E-state index contributed by atoms with van der Waals surface area (Å²) in [4.78, 5) is 12.6. The van der Waals surface area contributed by atoms with Crippen molar-refractivity contribution in [3.8, 4) is 0 Å². The largest absolute Gasteiger partial charge is 0.416 e. The number of carbonyl (C=O) groups excluding carboxylic acids is 1. The van der Waals surface area contributed by atoms with Gasteiger partial charge in [-0.2, -0.15) is 13.2 Å². The zero-order valence-electron chi connectivity index (χ0n) is 13.6. The molecule has 26 heavy (non-hydrogen) atoms. The number of hydrogen-bond donors (Lipinski definition) is 2. The lowest BCUT2D eigenvalue weighted by atomic mass is 10.0. The summed E-state index contributed by atoms with van der Waals surface area (Å²) in [5.74, 6) is 0.357. The molecule has 0 spiro atoms. The van der Waals surface area contributed by atoms with Crippen LogP contribution in [0.1, 0.15) is 29.2 Å². The Bertz CT molecular complexity index is 810. The monoisotopic (exact) mass is 384 g/mol. The highest BCUT2D eigenvalue weighted by atomic mass is 32.2. The fourth-order valence-corrected chi connectivity index (χ4v) is 3.93. The van der Waals surface area contributed by atoms with Crippen molar-refractivity contribution in [2.24, 2.45) is 0 Å². The number of nitrogens with one attached hydrogen (secondary N) is 2. The second-order valence-corrected chi connectivity index (χ2v) is 6.98. The van der Waals surface area contributed by atoms with Crippen molar-refractivity contribution >= 4 is 17.8 Å². The molecule has 1 heterocycles. The van der Waals surface area contributed by atoms with Crippen LogP contribution in [0.3, 0.4) is 0 Å². The van der Waals surface area contributed by atoms with Crippen LogP contribution in [0.4, 0.5) is 22.4 Å². The third-order valence-corrected chi connectivity index (χ3v) is 5.20. The van der Waals surface area contributed by atoms with E-state index in [0.717, 1.165) is 17.7 Å². The van der Waals surface area contributed by atoms with Crippen molar-refractivity contribution in [3.05, 3.63) is 65.0 Å². The minimum atomic E-state index is -4.42. The van der Waals surface area contributed by atoms with E-state index >= 15 is 0 Å². The van der Waals surface area contributed by atoms with E-state index in [0.29, 0.717) is 22.6 Å². The molecule has 3 rings (SSSR count). The summed E-state index contributed by atoms with van der Waals surface area (Å²) in [7, 11) is 0. The Labute approximate surface area is 152 Å². The maximum absolute atomic E-state index is 13.8. The van der Waals surface area contributed by atoms with Crippen LogP contribution in [0.5, 0.6) is 0 Å². The minimum Gasteiger partial charge on any atom is -0.334 e. The van der Waals surface area contributed by atoms with E-state index < -0.39 is 17.8 Å². The predicted octanol–water partition coefficient (Wildman–Crippen LogP) is 4.88. The second kappa shape index (κ2) is 7.57. The molecule has 0 aromatic heterocycles. The summed E-state index contributed by atoms with van der Waals surface area (Å²) in [6.45, 7) is -0.0345. The average molecular weight is 384 g/mol. The molecular formula is C18H16F4N2OS. The molecule has 138 valence electrons. The van der Waals surface area contributed by atoms with Crippen LogP contribution >= 0.6 is 11.8 Å². The molecule has 0 bridgehead atoms. The van der Waals surface area contributed by atoms with E-state index in [1.807, 2.05) is 0 Å². The molecule has 1 atom stereocenters. The predicted molar refractivity (Wildman–Crippen MR) is 91.3 cm³/mol. The third-order valence-electron chi connectivity index (χ3n) is 4.04. The maximum atomic E-state index is 13.8. The molecule has 1 aliphatic rings. The number of rotatable bonds is 3. The van der Waals surface area contributed by atoms with Gasteiger partial charge >= 0.3 is 12.2 Å². The van der Waals surface area contributed by atoms with E-state index in [2.05, 4.69) is 10.6 Å². The van der Waals surface area contributed by atoms with E-state index in [1.165, 1.54) is 30.0 Å². The Hall–Kier alpha value is -2.22. The summed E-state index contributed by atoms with van der Waals surface area (Å²) in [5.41, 5.74) is 0.307. The first-order valence-corrected chi connectivity index (χ1v) is 8.95. The average Bonchev–Trinajstić information content (AvgIpc) is 2.60. The van der Waals surface area contributed by atoms with E-state index in [1.54, 1.807) is 12.1 Å². The minimum absolute atomic E-state index is 0.0345. The van der Waals surface area contributed by atoms with Crippen molar-refractivity contribution < 1.29 is 22.4 Å². The van der Waals surface area contributed by atoms with Gasteiger partial charge in [-0.25, -0.2) is 9.18 Å². The lowest BCUT2D eigenvalue weighted by Crippen LogP contribution is -2.38. The highest BCUT2D eigenvalue weighted by molar-refractivity contribution is 7.99. The first-order valence-electron chi connectivity index (χ1n) is 7.96. The van der Waals surface area contributed by atoms with Crippen LogP contribution in [0.15, 0.2) is 47.4 Å². The lowest BCUT2D eigenvalue weighted by Gasteiger charge is -2.26. The SMILES string of the molecule is O=C(NCc1cccc(C(F)(F)F)c1)N[C@@H]1CCSc2c(F)cccc21. The van der Waals surface area contributed by atoms with Gasteiger partial charge in [-0.15, -0.1) is 11.8 Å². The second-order valence-electron chi connectivity index (χ2n) is 5.87. The van der Waals surface area contributed by atoms with Crippen molar-refractivity contribution in [1.29, 1.82) is 0 Å². The molecule has 2 N–H and O–H groups in total. The van der Waals surface area contributed by atoms with Gasteiger partial charge in [0.15, 0.2) is 0 Å². The van der Waals surface area contributed by atoms with E-state index in [-0.39, 0.29) is 18.4 Å². The molecule has 0 fully saturated rings. The molecule has 0 aliphatic carbocycles. The summed E-state index contributed by atoms with van der Waals surface area (Å²) >= 11 is 1.41. The molecule has 0 radical (unpaired) electrons. The first kappa shape index (κ1) is 18.6. The van der Waals surface area contributed by atoms with Gasteiger partial charge in [0, 0.05) is 17.2 Å². The van der Waals surface area contributed by atoms with Crippen molar-refractivity contribution in [3.63, 3.8) is 0 Å². The van der Waals surface area contributed by atoms with Gasteiger partial charge in [0.25, 0.3) is 0 Å². The van der Waals surface area contributed by atoms with Crippen LogP contribution in [-0.4, -0.2) is 11.8 Å². The number of hydrogen-bond acceptors (Lipinski definition) is 2. The number of halogens is 4. The number of benzene rings is 2. The molecule has 0 saturated carbocycles. The van der Waals surface area contributed by atoms with Crippen LogP contribution in [-0.2, 0) is 12.7 Å². The Morgan fingerprint density at radius 1 is 1.19 bits per heavy atom. The number of urea groups is 1. The smallest absolute Gasteiger partial charge is 0.334 e. The Morgan fingerprint density at radius 3 is 2.73 bits per heavy atom. The molecular weight excluding hydrogens is 368 g/mol. The molecule has 0 unspecified atom stereocenters. The number of amides is 2. The summed E-state index contributed by atoms with van der Waals surface area (Å²) in [6, 6.07) is 8.70. The Balaban J connectivity index is 1.62. The van der Waals surface area contributed by atoms with Crippen molar-refractivity contribution in [2.75, 3.05) is 5.75 Å². The van der Waals surface area contributed by atoms with Gasteiger partial charge in [0.05, 0.1) is 11.6 Å². The van der Waals surface area contributed by atoms with Crippen molar-refractivity contribution in [2.45, 2.75) is 30.1 Å². The zero-order valence-corrected chi connectivity index (χ0v) is 14.4. The van der Waals surface area contributed by atoms with Crippen LogP contribution in [0, 0.1) is 5.82 Å².